The highest BCUT2D eigenvalue weighted by Gasteiger charge is 2.10. The number of hydrogen-bond acceptors (Lipinski definition) is 2. The molecule has 1 aromatic rings. The first-order chi connectivity index (χ1) is 9.54. The van der Waals surface area contributed by atoms with Gasteiger partial charge in [0.1, 0.15) is 0 Å². The molecular formula is C16H24N2O2. The fraction of sp³-hybridized carbons (Fsp3) is 0.500. The van der Waals surface area contributed by atoms with Crippen molar-refractivity contribution in [3.8, 4) is 0 Å². The smallest absolute Gasteiger partial charge is 0.220 e. The molecule has 110 valence electrons. The molecule has 0 radical (unpaired) electrons. The molecule has 0 atom stereocenters. The van der Waals surface area contributed by atoms with Crippen LogP contribution in [0.3, 0.4) is 0 Å². The molecule has 0 aliphatic carbocycles. The summed E-state index contributed by atoms with van der Waals surface area (Å²) in [5.41, 5.74) is 2.32. The van der Waals surface area contributed by atoms with E-state index in [1.807, 2.05) is 38.1 Å². The Morgan fingerprint density at radius 1 is 1.25 bits per heavy atom. The van der Waals surface area contributed by atoms with Crippen LogP contribution in [0.1, 0.15) is 37.8 Å². The van der Waals surface area contributed by atoms with Crippen LogP contribution in [0.15, 0.2) is 24.3 Å². The number of aryl methyl sites for hydroxylation is 1. The van der Waals surface area contributed by atoms with Crippen molar-refractivity contribution in [2.24, 2.45) is 0 Å². The van der Waals surface area contributed by atoms with Crippen LogP contribution >= 0.6 is 0 Å². The summed E-state index contributed by atoms with van der Waals surface area (Å²) < 4.78 is 0. The summed E-state index contributed by atoms with van der Waals surface area (Å²) in [6.45, 7) is 7.21. The van der Waals surface area contributed by atoms with E-state index in [4.69, 9.17) is 0 Å². The monoisotopic (exact) mass is 276 g/mol. The van der Waals surface area contributed by atoms with Crippen molar-refractivity contribution in [2.45, 2.75) is 40.2 Å². The molecule has 0 saturated heterocycles. The van der Waals surface area contributed by atoms with Gasteiger partial charge in [-0.25, -0.2) is 0 Å². The lowest BCUT2D eigenvalue weighted by Crippen LogP contribution is -2.37. The second-order valence-corrected chi connectivity index (χ2v) is 4.97. The molecule has 20 heavy (non-hydrogen) atoms. The summed E-state index contributed by atoms with van der Waals surface area (Å²) in [6, 6.07) is 8.03. The zero-order valence-electron chi connectivity index (χ0n) is 12.6. The molecule has 0 aliphatic rings. The molecule has 0 fully saturated rings. The maximum atomic E-state index is 11.7. The quantitative estimate of drug-likeness (QED) is 0.830. The van der Waals surface area contributed by atoms with Crippen LogP contribution in [0.4, 0.5) is 0 Å². The second-order valence-electron chi connectivity index (χ2n) is 4.97. The third-order valence-electron chi connectivity index (χ3n) is 3.25. The van der Waals surface area contributed by atoms with Crippen molar-refractivity contribution in [1.29, 1.82) is 0 Å². The number of rotatable bonds is 7. The van der Waals surface area contributed by atoms with Crippen LogP contribution in [0.25, 0.3) is 0 Å². The van der Waals surface area contributed by atoms with Crippen LogP contribution in [0.2, 0.25) is 0 Å². The SMILES string of the molecule is CCCC(=O)NCCN(Cc1ccccc1C)C(C)=O. The van der Waals surface area contributed by atoms with E-state index >= 15 is 0 Å². The normalized spacial score (nSPS) is 10.2. The Morgan fingerprint density at radius 3 is 2.55 bits per heavy atom. The van der Waals surface area contributed by atoms with Crippen molar-refractivity contribution >= 4 is 11.8 Å². The van der Waals surface area contributed by atoms with E-state index in [0.717, 1.165) is 12.0 Å². The Bertz CT molecular complexity index is 458. The Morgan fingerprint density at radius 2 is 1.95 bits per heavy atom. The van der Waals surface area contributed by atoms with Gasteiger partial charge < -0.3 is 10.2 Å². The van der Waals surface area contributed by atoms with Gasteiger partial charge in [0.25, 0.3) is 0 Å². The van der Waals surface area contributed by atoms with Crippen molar-refractivity contribution in [3.63, 3.8) is 0 Å². The molecule has 1 aromatic carbocycles. The average molecular weight is 276 g/mol. The number of carbonyl (C=O) groups is 2. The first-order valence-electron chi connectivity index (χ1n) is 7.11. The molecule has 0 aromatic heterocycles. The maximum absolute atomic E-state index is 11.7. The van der Waals surface area contributed by atoms with Crippen LogP contribution in [0.5, 0.6) is 0 Å². The van der Waals surface area contributed by atoms with E-state index in [9.17, 15) is 9.59 Å². The van der Waals surface area contributed by atoms with E-state index in [2.05, 4.69) is 5.32 Å². The van der Waals surface area contributed by atoms with E-state index in [1.165, 1.54) is 5.56 Å². The number of amides is 2. The Balaban J connectivity index is 2.51. The molecule has 1 rings (SSSR count). The third-order valence-corrected chi connectivity index (χ3v) is 3.25. The van der Waals surface area contributed by atoms with Crippen LogP contribution in [-0.2, 0) is 16.1 Å². The van der Waals surface area contributed by atoms with Crippen LogP contribution < -0.4 is 5.32 Å². The minimum absolute atomic E-state index is 0.0259. The summed E-state index contributed by atoms with van der Waals surface area (Å²) in [6.07, 6.45) is 1.38. The summed E-state index contributed by atoms with van der Waals surface area (Å²) in [5.74, 6) is 0.0740. The van der Waals surface area contributed by atoms with Crippen molar-refractivity contribution in [1.82, 2.24) is 10.2 Å². The zero-order chi connectivity index (χ0) is 15.0. The standard InChI is InChI=1S/C16H24N2O2/c1-4-7-16(20)17-10-11-18(14(3)19)12-15-9-6-5-8-13(15)2/h5-6,8-9H,4,7,10-12H2,1-3H3,(H,17,20). The predicted molar refractivity (Wildman–Crippen MR) is 80.2 cm³/mol. The number of hydrogen-bond donors (Lipinski definition) is 1. The lowest BCUT2D eigenvalue weighted by Gasteiger charge is -2.22. The summed E-state index contributed by atoms with van der Waals surface area (Å²) >= 11 is 0. The molecule has 0 saturated carbocycles. The minimum atomic E-state index is 0.0259. The highest BCUT2D eigenvalue weighted by molar-refractivity contribution is 5.76. The van der Waals surface area contributed by atoms with Crippen LogP contribution in [-0.4, -0.2) is 29.8 Å². The molecule has 1 N–H and O–H groups in total. The number of benzene rings is 1. The highest BCUT2D eigenvalue weighted by atomic mass is 16.2. The first kappa shape index (κ1) is 16.2. The Kier molecular flexibility index (Phi) is 6.77. The number of carbonyl (C=O) groups excluding carboxylic acids is 2. The van der Waals surface area contributed by atoms with E-state index in [-0.39, 0.29) is 11.8 Å². The lowest BCUT2D eigenvalue weighted by molar-refractivity contribution is -0.130. The predicted octanol–water partition coefficient (Wildman–Crippen LogP) is 2.26. The van der Waals surface area contributed by atoms with Gasteiger partial charge in [-0.05, 0) is 24.5 Å². The topological polar surface area (TPSA) is 49.4 Å². The van der Waals surface area contributed by atoms with E-state index in [1.54, 1.807) is 11.8 Å². The van der Waals surface area contributed by atoms with Gasteiger partial charge in [-0.1, -0.05) is 31.2 Å². The molecule has 2 amide bonds. The average Bonchev–Trinajstić information content (AvgIpc) is 2.40. The molecule has 0 unspecified atom stereocenters. The molecule has 0 spiro atoms. The van der Waals surface area contributed by atoms with E-state index in [0.29, 0.717) is 26.1 Å². The van der Waals surface area contributed by atoms with Crippen LogP contribution in [0, 0.1) is 6.92 Å². The molecule has 4 nitrogen and oxygen atoms in total. The molecular weight excluding hydrogens is 252 g/mol. The van der Waals surface area contributed by atoms with Gasteiger partial charge in [-0.2, -0.15) is 0 Å². The van der Waals surface area contributed by atoms with Gasteiger partial charge in [0.05, 0.1) is 0 Å². The zero-order valence-corrected chi connectivity index (χ0v) is 12.6. The Labute approximate surface area is 121 Å². The maximum Gasteiger partial charge on any atom is 0.220 e. The fourth-order valence-electron chi connectivity index (χ4n) is 1.99. The van der Waals surface area contributed by atoms with Gasteiger partial charge in [-0.3, -0.25) is 9.59 Å². The van der Waals surface area contributed by atoms with Crippen molar-refractivity contribution in [3.05, 3.63) is 35.4 Å². The first-order valence-corrected chi connectivity index (χ1v) is 7.11. The van der Waals surface area contributed by atoms with Gasteiger partial charge in [0, 0.05) is 33.0 Å². The minimum Gasteiger partial charge on any atom is -0.354 e. The summed E-state index contributed by atoms with van der Waals surface area (Å²) in [4.78, 5) is 24.8. The Hall–Kier alpha value is -1.84. The number of nitrogens with one attached hydrogen (secondary N) is 1. The fourth-order valence-corrected chi connectivity index (χ4v) is 1.99. The van der Waals surface area contributed by atoms with Crippen molar-refractivity contribution < 1.29 is 9.59 Å². The summed E-state index contributed by atoms with van der Waals surface area (Å²) in [7, 11) is 0. The number of nitrogens with zero attached hydrogens (tertiary/aromatic N) is 1. The van der Waals surface area contributed by atoms with Crippen molar-refractivity contribution in [2.75, 3.05) is 13.1 Å². The van der Waals surface area contributed by atoms with Gasteiger partial charge in [-0.15, -0.1) is 0 Å². The second kappa shape index (κ2) is 8.35. The van der Waals surface area contributed by atoms with Gasteiger partial charge in [0.15, 0.2) is 0 Å². The lowest BCUT2D eigenvalue weighted by atomic mass is 10.1. The third kappa shape index (κ3) is 5.43. The molecule has 0 bridgehead atoms. The summed E-state index contributed by atoms with van der Waals surface area (Å²) in [5, 5.41) is 2.84. The van der Waals surface area contributed by atoms with E-state index < -0.39 is 0 Å². The van der Waals surface area contributed by atoms with Gasteiger partial charge >= 0.3 is 0 Å². The molecule has 4 heteroatoms. The molecule has 0 heterocycles. The largest absolute Gasteiger partial charge is 0.354 e. The van der Waals surface area contributed by atoms with Gasteiger partial charge in [0.2, 0.25) is 11.8 Å². The highest BCUT2D eigenvalue weighted by Crippen LogP contribution is 2.10. The molecule has 0 aliphatic heterocycles.